The molecule has 5 rings (SSSR count). The van der Waals surface area contributed by atoms with E-state index in [1.807, 2.05) is 6.20 Å². The highest BCUT2D eigenvalue weighted by Gasteiger charge is 2.47. The van der Waals surface area contributed by atoms with Crippen LogP contribution < -0.4 is 4.90 Å². The number of hydrogen-bond acceptors (Lipinski definition) is 3. The summed E-state index contributed by atoms with van der Waals surface area (Å²) < 4.78 is 4.42. The van der Waals surface area contributed by atoms with E-state index < -0.39 is 0 Å². The number of pyridine rings is 1. The first-order valence-corrected chi connectivity index (χ1v) is 9.97. The van der Waals surface area contributed by atoms with Crippen molar-refractivity contribution in [2.75, 3.05) is 31.2 Å². The molecule has 2 bridgehead atoms. The highest BCUT2D eigenvalue weighted by molar-refractivity contribution is 5.47. The van der Waals surface area contributed by atoms with Crippen molar-refractivity contribution in [2.45, 2.75) is 37.9 Å². The Morgan fingerprint density at radius 3 is 2.15 bits per heavy atom. The largest absolute Gasteiger partial charge is 0.431 e. The molecule has 2 aromatic rings. The fourth-order valence-electron chi connectivity index (χ4n) is 4.58. The van der Waals surface area contributed by atoms with Crippen molar-refractivity contribution < 1.29 is 4.74 Å². The molecule has 4 heteroatoms. The molecule has 1 aromatic heterocycles. The second-order valence-electron chi connectivity index (χ2n) is 8.00. The second kappa shape index (κ2) is 6.99. The van der Waals surface area contributed by atoms with Gasteiger partial charge in [0, 0.05) is 42.5 Å². The van der Waals surface area contributed by atoms with E-state index in [4.69, 9.17) is 4.98 Å². The highest BCUT2D eigenvalue weighted by atomic mass is 16.5. The molecule has 0 radical (unpaired) electrons. The number of fused-ring (bicyclic) bond motifs is 2. The molecule has 3 fully saturated rings. The zero-order valence-corrected chi connectivity index (χ0v) is 15.8. The minimum Gasteiger partial charge on any atom is -0.431 e. The van der Waals surface area contributed by atoms with Crippen molar-refractivity contribution in [3.63, 3.8) is 0 Å². The van der Waals surface area contributed by atoms with E-state index in [-0.39, 0.29) is 0 Å². The van der Waals surface area contributed by atoms with Crippen molar-refractivity contribution in [3.05, 3.63) is 59.3 Å². The third-order valence-electron chi connectivity index (χ3n) is 6.11. The Hall–Kier alpha value is -2.35. The van der Waals surface area contributed by atoms with E-state index in [0.29, 0.717) is 18.1 Å². The average Bonchev–Trinajstić information content (AvgIpc) is 2.89. The average molecular weight is 360 g/mol. The lowest BCUT2D eigenvalue weighted by Gasteiger charge is -2.45. The maximum atomic E-state index is 4.72. The molecule has 138 valence electrons. The molecular formula is C23H26N3O+. The summed E-state index contributed by atoms with van der Waals surface area (Å²) in [7, 11) is 0. The van der Waals surface area contributed by atoms with Gasteiger partial charge in [-0.25, -0.2) is 4.98 Å². The van der Waals surface area contributed by atoms with Crippen LogP contribution in [0.3, 0.4) is 0 Å². The number of aryl methyl sites for hydroxylation is 1. The summed E-state index contributed by atoms with van der Waals surface area (Å²) in [5.74, 6) is 7.54. The Balaban J connectivity index is 1.27. The van der Waals surface area contributed by atoms with Gasteiger partial charge >= 0.3 is 0 Å². The molecule has 2 unspecified atom stereocenters. The van der Waals surface area contributed by atoms with Crippen molar-refractivity contribution in [2.24, 2.45) is 0 Å². The predicted molar refractivity (Wildman–Crippen MR) is 108 cm³/mol. The summed E-state index contributed by atoms with van der Waals surface area (Å²) in [5.41, 5.74) is 3.27. The van der Waals surface area contributed by atoms with Gasteiger partial charge in [-0.3, -0.25) is 4.90 Å². The third-order valence-corrected chi connectivity index (χ3v) is 6.11. The summed E-state index contributed by atoms with van der Waals surface area (Å²) in [6.45, 7) is 6.36. The van der Waals surface area contributed by atoms with Gasteiger partial charge in [-0.2, -0.15) is 0 Å². The van der Waals surface area contributed by atoms with Crippen LogP contribution in [0.1, 0.15) is 29.5 Å². The summed E-state index contributed by atoms with van der Waals surface area (Å²) in [6.07, 6.45) is 4.55. The molecule has 2 atom stereocenters. The number of ether oxygens (including phenoxy) is 1. The monoisotopic (exact) mass is 360 g/mol. The van der Waals surface area contributed by atoms with Crippen molar-refractivity contribution in [3.8, 4) is 11.8 Å². The number of piperazine rings is 1. The van der Waals surface area contributed by atoms with E-state index in [0.717, 1.165) is 43.2 Å². The third kappa shape index (κ3) is 3.34. The van der Waals surface area contributed by atoms with E-state index >= 15 is 0 Å². The normalized spacial score (nSPS) is 25.0. The summed E-state index contributed by atoms with van der Waals surface area (Å²) in [5, 5.41) is 0. The first-order valence-electron chi connectivity index (χ1n) is 9.97. The predicted octanol–water partition coefficient (Wildman–Crippen LogP) is 2.35. The molecule has 0 saturated carbocycles. The number of nitrogens with zero attached hydrogens (tertiary/aromatic N) is 3. The van der Waals surface area contributed by atoms with Crippen LogP contribution in [0, 0.1) is 18.8 Å². The van der Waals surface area contributed by atoms with Crippen LogP contribution in [0.15, 0.2) is 42.6 Å². The van der Waals surface area contributed by atoms with Crippen LogP contribution in [0.5, 0.6) is 0 Å². The Labute approximate surface area is 161 Å². The second-order valence-corrected chi connectivity index (χ2v) is 8.00. The highest BCUT2D eigenvalue weighted by Crippen LogP contribution is 2.34. The number of aromatic nitrogens is 1. The lowest BCUT2D eigenvalue weighted by molar-refractivity contribution is -0.193. The summed E-state index contributed by atoms with van der Waals surface area (Å²) >= 11 is 0. The Morgan fingerprint density at radius 2 is 1.56 bits per heavy atom. The van der Waals surface area contributed by atoms with Gasteiger partial charge in [0.05, 0.1) is 0 Å². The molecule has 27 heavy (non-hydrogen) atoms. The van der Waals surface area contributed by atoms with Crippen LogP contribution in [-0.4, -0.2) is 59.0 Å². The van der Waals surface area contributed by atoms with Gasteiger partial charge in [-0.05, 0) is 44.0 Å². The van der Waals surface area contributed by atoms with Crippen LogP contribution in [0.2, 0.25) is 0 Å². The van der Waals surface area contributed by atoms with Gasteiger partial charge in [0.15, 0.2) is 13.2 Å². The maximum Gasteiger partial charge on any atom is 0.168 e. The van der Waals surface area contributed by atoms with Crippen LogP contribution >= 0.6 is 0 Å². The molecular weight excluding hydrogens is 334 g/mol. The molecule has 3 saturated heterocycles. The molecule has 0 spiro atoms. The molecule has 3 aliphatic rings. The number of benzene rings is 1. The standard InChI is InChI=1S/C23H25N3O/c1-17-2-4-18(5-3-17)6-7-19-8-11-23(24-12-19)25-13-20-9-10-21(14-25)26(20)22-15-27-16-22/h2-5,8,11-12,20-22H,9-10,13-16H2,1H3/p+1. The smallest absolute Gasteiger partial charge is 0.168 e. The molecule has 0 amide bonds. The van der Waals surface area contributed by atoms with E-state index in [1.54, 1.807) is 0 Å². The van der Waals surface area contributed by atoms with E-state index in [2.05, 4.69) is 69.7 Å². The Bertz CT molecular complexity index is 847. The minimum atomic E-state index is 0.673. The molecule has 0 aliphatic carbocycles. The SMILES string of the molecule is Cc1ccc(C#Cc2ccc(N3CC4CCC(C3)N4C3C[OH+]C3)nc2)cc1. The van der Waals surface area contributed by atoms with Crippen LogP contribution in [0.4, 0.5) is 5.82 Å². The first kappa shape index (κ1) is 16.8. The van der Waals surface area contributed by atoms with E-state index in [9.17, 15) is 0 Å². The molecule has 1 N–H and O–H groups in total. The fourth-order valence-corrected chi connectivity index (χ4v) is 4.58. The van der Waals surface area contributed by atoms with Gasteiger partial charge in [-0.15, -0.1) is 0 Å². The minimum absolute atomic E-state index is 0.673. The quantitative estimate of drug-likeness (QED) is 0.609. The lowest BCUT2D eigenvalue weighted by Crippen LogP contribution is -2.63. The van der Waals surface area contributed by atoms with Crippen LogP contribution in [-0.2, 0) is 0 Å². The number of rotatable bonds is 2. The molecule has 4 nitrogen and oxygen atoms in total. The summed E-state index contributed by atoms with van der Waals surface area (Å²) in [6, 6.07) is 14.6. The molecule has 1 aromatic carbocycles. The fraction of sp³-hybridized carbons (Fsp3) is 0.435. The van der Waals surface area contributed by atoms with Gasteiger partial charge in [0.25, 0.3) is 0 Å². The van der Waals surface area contributed by atoms with Crippen LogP contribution in [0.25, 0.3) is 0 Å². The molecule has 3 aliphatic heterocycles. The van der Waals surface area contributed by atoms with Gasteiger partial charge in [0.1, 0.15) is 11.9 Å². The first-order chi connectivity index (χ1) is 13.3. The number of anilines is 1. The van der Waals surface area contributed by atoms with Gasteiger partial charge < -0.3 is 9.64 Å². The van der Waals surface area contributed by atoms with E-state index in [1.165, 1.54) is 18.4 Å². The van der Waals surface area contributed by atoms with Gasteiger partial charge in [0.2, 0.25) is 0 Å². The summed E-state index contributed by atoms with van der Waals surface area (Å²) in [4.78, 5) is 9.93. The van der Waals surface area contributed by atoms with Gasteiger partial charge in [-0.1, -0.05) is 29.5 Å². The Kier molecular flexibility index (Phi) is 4.35. The lowest BCUT2D eigenvalue weighted by atomic mass is 10.1. The molecule has 4 heterocycles. The maximum absolute atomic E-state index is 4.72. The number of hydrogen-bond donors (Lipinski definition) is 0. The van der Waals surface area contributed by atoms with Crippen molar-refractivity contribution in [1.29, 1.82) is 0 Å². The van der Waals surface area contributed by atoms with Crippen molar-refractivity contribution >= 4 is 5.82 Å². The van der Waals surface area contributed by atoms with Crippen molar-refractivity contribution in [1.82, 2.24) is 9.88 Å². The Morgan fingerprint density at radius 1 is 0.889 bits per heavy atom. The zero-order valence-electron chi connectivity index (χ0n) is 15.8. The number of aliphatic hydroxyl groups is 2. The zero-order chi connectivity index (χ0) is 18.2. The topological polar surface area (TPSA) is 32.2 Å².